The van der Waals surface area contributed by atoms with E-state index in [9.17, 15) is 14.4 Å². The number of para-hydroxylation sites is 1. The maximum Gasteiger partial charge on any atom is 0.308 e. The van der Waals surface area contributed by atoms with Gasteiger partial charge in [0.1, 0.15) is 0 Å². The van der Waals surface area contributed by atoms with E-state index in [0.717, 1.165) is 29.7 Å². The molecule has 3 rings (SSSR count). The van der Waals surface area contributed by atoms with E-state index in [4.69, 9.17) is 4.74 Å². The van der Waals surface area contributed by atoms with E-state index in [2.05, 4.69) is 10.2 Å². The van der Waals surface area contributed by atoms with Crippen molar-refractivity contribution < 1.29 is 19.1 Å². The normalized spacial score (nSPS) is 17.1. The second kappa shape index (κ2) is 10.1. The van der Waals surface area contributed by atoms with Crippen LogP contribution in [-0.4, -0.2) is 66.9 Å². The molecule has 7 heteroatoms. The molecule has 1 N–H and O–H groups in total. The first-order valence-corrected chi connectivity index (χ1v) is 10.8. The molecular weight excluding hydrogens is 382 g/mol. The van der Waals surface area contributed by atoms with E-state index in [-0.39, 0.29) is 23.7 Å². The maximum absolute atomic E-state index is 12.6. The third kappa shape index (κ3) is 5.81. The minimum Gasteiger partial charge on any atom is -0.469 e. The van der Waals surface area contributed by atoms with Crippen molar-refractivity contribution in [3.05, 3.63) is 29.3 Å². The molecule has 0 atom stereocenters. The average Bonchev–Trinajstić information content (AvgIpc) is 3.58. The van der Waals surface area contributed by atoms with Crippen LogP contribution in [0.5, 0.6) is 0 Å². The summed E-state index contributed by atoms with van der Waals surface area (Å²) in [6, 6.07) is 6.36. The zero-order valence-electron chi connectivity index (χ0n) is 18.3. The van der Waals surface area contributed by atoms with Gasteiger partial charge >= 0.3 is 5.97 Å². The van der Waals surface area contributed by atoms with Crippen LogP contribution in [0.25, 0.3) is 0 Å². The molecule has 164 valence electrons. The van der Waals surface area contributed by atoms with Crippen molar-refractivity contribution in [1.82, 2.24) is 9.80 Å². The fourth-order valence-electron chi connectivity index (χ4n) is 4.13. The highest BCUT2D eigenvalue weighted by molar-refractivity contribution is 5.93. The van der Waals surface area contributed by atoms with Gasteiger partial charge in [0.05, 0.1) is 19.6 Å². The average molecular weight is 416 g/mol. The number of hydrogen-bond donors (Lipinski definition) is 1. The Hall–Kier alpha value is -2.41. The molecule has 0 bridgehead atoms. The number of ether oxygens (including phenoxy) is 1. The molecule has 0 aromatic heterocycles. The molecule has 1 aliphatic carbocycles. The smallest absolute Gasteiger partial charge is 0.308 e. The molecule has 0 unspecified atom stereocenters. The lowest BCUT2D eigenvalue weighted by atomic mass is 9.97. The van der Waals surface area contributed by atoms with Crippen molar-refractivity contribution in [2.45, 2.75) is 52.0 Å². The number of nitrogens with zero attached hydrogens (tertiary/aromatic N) is 2. The van der Waals surface area contributed by atoms with Gasteiger partial charge in [-0.15, -0.1) is 0 Å². The molecule has 2 aliphatic rings. The number of carbonyl (C=O) groups is 3. The zero-order chi connectivity index (χ0) is 21.7. The van der Waals surface area contributed by atoms with E-state index in [1.807, 2.05) is 36.9 Å². The molecule has 1 saturated carbocycles. The Morgan fingerprint density at radius 1 is 1.10 bits per heavy atom. The van der Waals surface area contributed by atoms with Gasteiger partial charge in [-0.2, -0.15) is 0 Å². The van der Waals surface area contributed by atoms with E-state index in [1.54, 1.807) is 0 Å². The van der Waals surface area contributed by atoms with Gasteiger partial charge in [-0.25, -0.2) is 0 Å². The van der Waals surface area contributed by atoms with Crippen LogP contribution >= 0.6 is 0 Å². The summed E-state index contributed by atoms with van der Waals surface area (Å²) in [6.07, 6.45) is 3.87. The number of hydrogen-bond acceptors (Lipinski definition) is 5. The Bertz CT molecular complexity index is 762. The largest absolute Gasteiger partial charge is 0.469 e. The highest BCUT2D eigenvalue weighted by atomic mass is 16.5. The van der Waals surface area contributed by atoms with Crippen molar-refractivity contribution in [2.75, 3.05) is 38.6 Å². The topological polar surface area (TPSA) is 79.0 Å². The Morgan fingerprint density at radius 3 is 2.30 bits per heavy atom. The summed E-state index contributed by atoms with van der Waals surface area (Å²) in [6.45, 7) is 6.05. The predicted octanol–water partition coefficient (Wildman–Crippen LogP) is 2.51. The first-order chi connectivity index (χ1) is 14.4. The van der Waals surface area contributed by atoms with Crippen molar-refractivity contribution in [2.24, 2.45) is 5.92 Å². The van der Waals surface area contributed by atoms with Crippen LogP contribution in [0, 0.1) is 19.8 Å². The highest BCUT2D eigenvalue weighted by Gasteiger charge is 2.32. The molecule has 0 spiro atoms. The summed E-state index contributed by atoms with van der Waals surface area (Å²) in [5, 5.41) is 3.04. The summed E-state index contributed by atoms with van der Waals surface area (Å²) < 4.78 is 4.80. The second-order valence-electron chi connectivity index (χ2n) is 8.44. The van der Waals surface area contributed by atoms with Gasteiger partial charge in [-0.05, 0) is 50.7 Å². The minimum absolute atomic E-state index is 0.0364. The maximum atomic E-state index is 12.6. The van der Waals surface area contributed by atoms with Crippen molar-refractivity contribution in [1.29, 1.82) is 0 Å². The molecular formula is C23H33N3O4. The number of piperidine rings is 1. The molecule has 30 heavy (non-hydrogen) atoms. The Labute approximate surface area is 178 Å². The van der Waals surface area contributed by atoms with Gasteiger partial charge in [0.2, 0.25) is 11.8 Å². The van der Waals surface area contributed by atoms with E-state index < -0.39 is 0 Å². The number of likely N-dealkylation sites (tertiary alicyclic amines) is 1. The first kappa shape index (κ1) is 22.3. The van der Waals surface area contributed by atoms with Crippen molar-refractivity contribution >= 4 is 23.5 Å². The lowest BCUT2D eigenvalue weighted by Crippen LogP contribution is -2.42. The fourth-order valence-corrected chi connectivity index (χ4v) is 4.13. The van der Waals surface area contributed by atoms with Gasteiger partial charge < -0.3 is 15.0 Å². The molecule has 1 heterocycles. The minimum atomic E-state index is -0.183. The molecule has 0 radical (unpaired) electrons. The zero-order valence-corrected chi connectivity index (χ0v) is 18.3. The van der Waals surface area contributed by atoms with Crippen molar-refractivity contribution in [3.63, 3.8) is 0 Å². The first-order valence-electron chi connectivity index (χ1n) is 10.8. The summed E-state index contributed by atoms with van der Waals surface area (Å²) in [4.78, 5) is 40.9. The fraction of sp³-hybridized carbons (Fsp3) is 0.609. The Morgan fingerprint density at radius 2 is 1.73 bits per heavy atom. The quantitative estimate of drug-likeness (QED) is 0.660. The van der Waals surface area contributed by atoms with Crippen LogP contribution in [0.3, 0.4) is 0 Å². The van der Waals surface area contributed by atoms with Gasteiger partial charge in [-0.1, -0.05) is 18.2 Å². The summed E-state index contributed by atoms with van der Waals surface area (Å²) in [7, 11) is 1.41. The number of carbonyl (C=O) groups excluding carboxylic acids is 3. The molecule has 2 fully saturated rings. The Kier molecular flexibility index (Phi) is 7.48. The second-order valence-corrected chi connectivity index (χ2v) is 8.44. The summed E-state index contributed by atoms with van der Waals surface area (Å²) >= 11 is 0. The highest BCUT2D eigenvalue weighted by Crippen LogP contribution is 2.27. The van der Waals surface area contributed by atoms with E-state index >= 15 is 0 Å². The summed E-state index contributed by atoms with van der Waals surface area (Å²) in [5.74, 6) is -0.225. The van der Waals surface area contributed by atoms with Crippen LogP contribution in [0.1, 0.15) is 43.2 Å². The van der Waals surface area contributed by atoms with Crippen molar-refractivity contribution in [3.8, 4) is 0 Å². The third-order valence-electron chi connectivity index (χ3n) is 6.15. The molecule has 1 aromatic rings. The number of amides is 2. The number of aryl methyl sites for hydroxylation is 2. The molecule has 1 saturated heterocycles. The van der Waals surface area contributed by atoms with E-state index in [1.165, 1.54) is 7.11 Å². The van der Waals surface area contributed by atoms with Gasteiger partial charge in [-0.3, -0.25) is 19.3 Å². The van der Waals surface area contributed by atoms with Crippen LogP contribution in [0.2, 0.25) is 0 Å². The molecule has 1 aliphatic heterocycles. The lowest BCUT2D eigenvalue weighted by Gasteiger charge is -2.31. The lowest BCUT2D eigenvalue weighted by molar-refractivity contribution is -0.149. The number of esters is 1. The molecule has 2 amide bonds. The summed E-state index contributed by atoms with van der Waals surface area (Å²) in [5.41, 5.74) is 2.97. The van der Waals surface area contributed by atoms with Crippen LogP contribution < -0.4 is 5.32 Å². The third-order valence-corrected chi connectivity index (χ3v) is 6.15. The number of nitrogens with one attached hydrogen (secondary N) is 1. The van der Waals surface area contributed by atoms with Crippen LogP contribution in [0.4, 0.5) is 5.69 Å². The SMILES string of the molecule is COC(=O)C1CCN(C(=O)CCN(CC(=O)Nc2c(C)cccc2C)C2CC2)CC1. The number of rotatable bonds is 8. The standard InChI is InChI=1S/C23H33N3O4/c1-16-5-4-6-17(2)22(16)24-20(27)15-26(19-7-8-19)14-11-21(28)25-12-9-18(10-13-25)23(29)30-3/h4-6,18-19H,7-15H2,1-3H3,(H,24,27). The van der Waals surface area contributed by atoms with Crippen LogP contribution in [0.15, 0.2) is 18.2 Å². The predicted molar refractivity (Wildman–Crippen MR) is 115 cm³/mol. The van der Waals surface area contributed by atoms with Crippen LogP contribution in [-0.2, 0) is 19.1 Å². The van der Waals surface area contributed by atoms with Gasteiger partial charge in [0.15, 0.2) is 0 Å². The molecule has 1 aromatic carbocycles. The Balaban J connectivity index is 1.47. The monoisotopic (exact) mass is 415 g/mol. The number of methoxy groups -OCH3 is 1. The van der Waals surface area contributed by atoms with E-state index in [0.29, 0.717) is 51.5 Å². The molecule has 7 nitrogen and oxygen atoms in total. The van der Waals surface area contributed by atoms with Gasteiger partial charge in [0.25, 0.3) is 0 Å². The number of anilines is 1. The number of benzene rings is 1. The van der Waals surface area contributed by atoms with Gasteiger partial charge in [0, 0.05) is 37.8 Å².